The summed E-state index contributed by atoms with van der Waals surface area (Å²) < 4.78 is 6.07. The lowest BCUT2D eigenvalue weighted by molar-refractivity contribution is 0.300. The van der Waals surface area contributed by atoms with Crippen molar-refractivity contribution in [2.75, 3.05) is 0 Å². The summed E-state index contributed by atoms with van der Waals surface area (Å²) in [6, 6.07) is 16.6. The van der Waals surface area contributed by atoms with Gasteiger partial charge in [0.05, 0.1) is 0 Å². The second-order valence-corrected chi connectivity index (χ2v) is 7.41. The number of halogens is 1. The second-order valence-electron chi connectivity index (χ2n) is 5.55. The standard InChI is InChI=1S/C18H22ClOP/c1-4-18(3,21-19)16-12-14(2)10-11-17(16)20-13-15-8-6-5-7-9-15/h5-12,21H,4,13H2,1-3H3. The molecular formula is C18H22ClOP. The van der Waals surface area contributed by atoms with Crippen molar-refractivity contribution in [3.63, 3.8) is 0 Å². The quantitative estimate of drug-likeness (QED) is 0.590. The Kier molecular flexibility index (Phi) is 5.67. The van der Waals surface area contributed by atoms with Gasteiger partial charge in [0.25, 0.3) is 0 Å². The van der Waals surface area contributed by atoms with Crippen LogP contribution in [0.2, 0.25) is 0 Å². The van der Waals surface area contributed by atoms with Crippen molar-refractivity contribution < 1.29 is 4.74 Å². The summed E-state index contributed by atoms with van der Waals surface area (Å²) in [5.74, 6) is 0.946. The summed E-state index contributed by atoms with van der Waals surface area (Å²) in [7, 11) is 0.335. The fourth-order valence-electron chi connectivity index (χ4n) is 2.24. The highest BCUT2D eigenvalue weighted by Gasteiger charge is 2.27. The van der Waals surface area contributed by atoms with Crippen molar-refractivity contribution in [3.05, 3.63) is 65.2 Å². The molecule has 0 saturated heterocycles. The molecular weight excluding hydrogens is 299 g/mol. The largest absolute Gasteiger partial charge is 0.489 e. The van der Waals surface area contributed by atoms with Gasteiger partial charge in [-0.05, 0) is 32.9 Å². The molecule has 0 aliphatic carbocycles. The summed E-state index contributed by atoms with van der Waals surface area (Å²) in [5.41, 5.74) is 3.64. The van der Waals surface area contributed by atoms with Gasteiger partial charge in [-0.25, -0.2) is 0 Å². The maximum Gasteiger partial charge on any atom is 0.123 e. The topological polar surface area (TPSA) is 9.23 Å². The van der Waals surface area contributed by atoms with Gasteiger partial charge in [-0.2, -0.15) is 0 Å². The normalized spacial score (nSPS) is 14.3. The first-order valence-corrected chi connectivity index (χ1v) is 9.26. The van der Waals surface area contributed by atoms with Crippen LogP contribution in [0.3, 0.4) is 0 Å². The van der Waals surface area contributed by atoms with Crippen LogP contribution in [-0.2, 0) is 11.8 Å². The first kappa shape index (κ1) is 16.3. The van der Waals surface area contributed by atoms with E-state index in [1.54, 1.807) is 0 Å². The van der Waals surface area contributed by atoms with E-state index in [0.717, 1.165) is 12.2 Å². The van der Waals surface area contributed by atoms with Gasteiger partial charge in [0.1, 0.15) is 12.4 Å². The average Bonchev–Trinajstić information content (AvgIpc) is 2.54. The Labute approximate surface area is 134 Å². The van der Waals surface area contributed by atoms with Crippen LogP contribution in [0, 0.1) is 6.92 Å². The number of hydrogen-bond acceptors (Lipinski definition) is 1. The van der Waals surface area contributed by atoms with E-state index in [0.29, 0.717) is 14.5 Å². The van der Waals surface area contributed by atoms with E-state index in [4.69, 9.17) is 16.0 Å². The first-order valence-electron chi connectivity index (χ1n) is 7.24. The first-order chi connectivity index (χ1) is 10.1. The molecule has 0 fully saturated rings. The Morgan fingerprint density at radius 1 is 1.14 bits per heavy atom. The molecule has 0 aliphatic rings. The number of ether oxygens (including phenoxy) is 1. The van der Waals surface area contributed by atoms with Crippen molar-refractivity contribution in [3.8, 4) is 5.75 Å². The van der Waals surface area contributed by atoms with Crippen molar-refractivity contribution in [2.24, 2.45) is 0 Å². The number of benzene rings is 2. The van der Waals surface area contributed by atoms with Crippen LogP contribution in [0.15, 0.2) is 48.5 Å². The molecule has 3 heteroatoms. The van der Waals surface area contributed by atoms with E-state index in [-0.39, 0.29) is 5.16 Å². The lowest BCUT2D eigenvalue weighted by atomic mass is 9.95. The second kappa shape index (κ2) is 7.29. The van der Waals surface area contributed by atoms with Crippen LogP contribution in [0.4, 0.5) is 0 Å². The molecule has 0 radical (unpaired) electrons. The summed E-state index contributed by atoms with van der Waals surface area (Å²) >= 11 is 6.26. The highest BCUT2D eigenvalue weighted by molar-refractivity contribution is 7.69. The lowest BCUT2D eigenvalue weighted by Crippen LogP contribution is -2.15. The monoisotopic (exact) mass is 320 g/mol. The van der Waals surface area contributed by atoms with Crippen molar-refractivity contribution in [2.45, 2.75) is 39.0 Å². The number of rotatable bonds is 6. The van der Waals surface area contributed by atoms with E-state index in [9.17, 15) is 0 Å². The average molecular weight is 321 g/mol. The zero-order valence-corrected chi connectivity index (χ0v) is 14.6. The van der Waals surface area contributed by atoms with Crippen molar-refractivity contribution >= 4 is 19.2 Å². The Bertz CT molecular complexity index is 579. The molecule has 0 bridgehead atoms. The predicted octanol–water partition coefficient (Wildman–Crippen LogP) is 6.03. The third-order valence-corrected chi connectivity index (χ3v) is 6.17. The molecule has 21 heavy (non-hydrogen) atoms. The molecule has 2 unspecified atom stereocenters. The van der Waals surface area contributed by atoms with E-state index >= 15 is 0 Å². The summed E-state index contributed by atoms with van der Waals surface area (Å²) in [6.45, 7) is 7.08. The molecule has 0 heterocycles. The van der Waals surface area contributed by atoms with Crippen LogP contribution >= 0.6 is 19.2 Å². The predicted molar refractivity (Wildman–Crippen MR) is 93.8 cm³/mol. The minimum atomic E-state index is -0.0282. The van der Waals surface area contributed by atoms with Gasteiger partial charge >= 0.3 is 0 Å². The fraction of sp³-hybridized carbons (Fsp3) is 0.333. The Hall–Kier alpha value is -1.04. The van der Waals surface area contributed by atoms with E-state index < -0.39 is 0 Å². The lowest BCUT2D eigenvalue weighted by Gasteiger charge is -2.28. The molecule has 0 N–H and O–H groups in total. The minimum Gasteiger partial charge on any atom is -0.489 e. The third-order valence-electron chi connectivity index (χ3n) is 3.88. The summed E-state index contributed by atoms with van der Waals surface area (Å²) in [5, 5.41) is -0.0282. The molecule has 2 aromatic rings. The molecule has 0 saturated carbocycles. The number of aryl methyl sites for hydroxylation is 1. The third kappa shape index (κ3) is 3.99. The Morgan fingerprint density at radius 2 is 1.86 bits per heavy atom. The van der Waals surface area contributed by atoms with Crippen molar-refractivity contribution in [1.82, 2.24) is 0 Å². The van der Waals surface area contributed by atoms with Crippen LogP contribution in [0.1, 0.15) is 37.0 Å². The Morgan fingerprint density at radius 3 is 2.48 bits per heavy atom. The molecule has 0 spiro atoms. The molecule has 0 aliphatic heterocycles. The smallest absolute Gasteiger partial charge is 0.123 e. The SMILES string of the molecule is CCC(C)(PCl)c1cc(C)ccc1OCc1ccccc1. The molecule has 2 atom stereocenters. The van der Waals surface area contributed by atoms with Crippen molar-refractivity contribution in [1.29, 1.82) is 0 Å². The number of hydrogen-bond donors (Lipinski definition) is 0. The van der Waals surface area contributed by atoms with Gasteiger partial charge < -0.3 is 4.74 Å². The zero-order chi connectivity index (χ0) is 15.3. The van der Waals surface area contributed by atoms with Gasteiger partial charge in [0.15, 0.2) is 0 Å². The van der Waals surface area contributed by atoms with E-state index in [1.807, 2.05) is 18.2 Å². The van der Waals surface area contributed by atoms with Gasteiger partial charge in [0.2, 0.25) is 0 Å². The molecule has 2 rings (SSSR count). The summed E-state index contributed by atoms with van der Waals surface area (Å²) in [6.07, 6.45) is 1.00. The maximum absolute atomic E-state index is 6.26. The minimum absolute atomic E-state index is 0.0282. The molecule has 0 amide bonds. The summed E-state index contributed by atoms with van der Waals surface area (Å²) in [4.78, 5) is 0. The van der Waals surface area contributed by atoms with Gasteiger partial charge in [0, 0.05) is 10.7 Å². The zero-order valence-electron chi connectivity index (χ0n) is 12.8. The fourth-order valence-corrected chi connectivity index (χ4v) is 3.38. The van der Waals surface area contributed by atoms with Crippen LogP contribution in [0.5, 0.6) is 5.75 Å². The highest BCUT2D eigenvalue weighted by Crippen LogP contribution is 2.50. The van der Waals surface area contributed by atoms with Gasteiger partial charge in [-0.1, -0.05) is 73.1 Å². The molecule has 0 aromatic heterocycles. The van der Waals surface area contributed by atoms with Crippen LogP contribution < -0.4 is 4.74 Å². The highest BCUT2D eigenvalue weighted by atomic mass is 35.7. The van der Waals surface area contributed by atoms with E-state index in [2.05, 4.69) is 51.1 Å². The Balaban J connectivity index is 2.27. The maximum atomic E-state index is 6.26. The van der Waals surface area contributed by atoms with Crippen LogP contribution in [0.25, 0.3) is 0 Å². The van der Waals surface area contributed by atoms with E-state index in [1.165, 1.54) is 16.7 Å². The molecule has 2 aromatic carbocycles. The molecule has 1 nitrogen and oxygen atoms in total. The van der Waals surface area contributed by atoms with Gasteiger partial charge in [-0.3, -0.25) is 0 Å². The van der Waals surface area contributed by atoms with Gasteiger partial charge in [-0.15, -0.1) is 0 Å². The van der Waals surface area contributed by atoms with Crippen LogP contribution in [-0.4, -0.2) is 0 Å². The molecule has 112 valence electrons.